The normalized spacial score (nSPS) is 15.7. The van der Waals surface area contributed by atoms with Crippen molar-refractivity contribution >= 4 is 28.3 Å². The summed E-state index contributed by atoms with van der Waals surface area (Å²) in [6.45, 7) is 0. The van der Waals surface area contributed by atoms with Crippen LogP contribution in [0, 0.1) is 5.41 Å². The van der Waals surface area contributed by atoms with E-state index in [1.54, 1.807) is 0 Å². The second-order valence-corrected chi connectivity index (χ2v) is 5.05. The molecule has 102 valence electrons. The van der Waals surface area contributed by atoms with Crippen molar-refractivity contribution in [1.29, 1.82) is 0 Å². The van der Waals surface area contributed by atoms with Crippen LogP contribution in [-0.2, 0) is 14.3 Å². The number of ether oxygens (including phenoxy) is 1. The van der Waals surface area contributed by atoms with Gasteiger partial charge in [0.2, 0.25) is 5.91 Å². The minimum Gasteiger partial charge on any atom is -0.468 e. The molecule has 0 spiro atoms. The molecule has 1 N–H and O–H groups in total. The molecular formula is C16H15NO3. The van der Waals surface area contributed by atoms with Crippen LogP contribution < -0.4 is 5.32 Å². The fourth-order valence-electron chi connectivity index (χ4n) is 2.42. The van der Waals surface area contributed by atoms with Crippen LogP contribution in [0.3, 0.4) is 0 Å². The van der Waals surface area contributed by atoms with Gasteiger partial charge in [-0.05, 0) is 24.3 Å². The summed E-state index contributed by atoms with van der Waals surface area (Å²) in [6.07, 6.45) is 1.10. The number of anilines is 1. The predicted octanol–water partition coefficient (Wildman–Crippen LogP) is 2.73. The molecule has 0 aliphatic heterocycles. The molecule has 1 aliphatic carbocycles. The van der Waals surface area contributed by atoms with Gasteiger partial charge in [0.1, 0.15) is 5.41 Å². The zero-order chi connectivity index (χ0) is 14.2. The van der Waals surface area contributed by atoms with E-state index in [0.29, 0.717) is 12.8 Å². The van der Waals surface area contributed by atoms with Crippen molar-refractivity contribution in [2.24, 2.45) is 5.41 Å². The largest absolute Gasteiger partial charge is 0.468 e. The van der Waals surface area contributed by atoms with Crippen molar-refractivity contribution in [3.05, 3.63) is 42.5 Å². The average Bonchev–Trinajstić information content (AvgIpc) is 3.28. The Balaban J connectivity index is 1.91. The summed E-state index contributed by atoms with van der Waals surface area (Å²) in [5, 5.41) is 4.87. The Morgan fingerprint density at radius 3 is 2.50 bits per heavy atom. The fourth-order valence-corrected chi connectivity index (χ4v) is 2.42. The summed E-state index contributed by atoms with van der Waals surface area (Å²) in [5.74, 6) is -0.726. The van der Waals surface area contributed by atoms with E-state index in [1.165, 1.54) is 7.11 Å². The molecule has 1 aliphatic rings. The van der Waals surface area contributed by atoms with E-state index in [0.717, 1.165) is 16.5 Å². The molecule has 4 nitrogen and oxygen atoms in total. The van der Waals surface area contributed by atoms with Gasteiger partial charge in [0, 0.05) is 11.1 Å². The van der Waals surface area contributed by atoms with Gasteiger partial charge >= 0.3 is 5.97 Å². The first-order valence-electron chi connectivity index (χ1n) is 6.55. The summed E-state index contributed by atoms with van der Waals surface area (Å²) in [7, 11) is 1.31. The van der Waals surface area contributed by atoms with E-state index in [9.17, 15) is 9.59 Å². The van der Waals surface area contributed by atoms with Gasteiger partial charge in [-0.15, -0.1) is 0 Å². The van der Waals surface area contributed by atoms with Gasteiger partial charge in [-0.1, -0.05) is 36.4 Å². The molecule has 20 heavy (non-hydrogen) atoms. The predicted molar refractivity (Wildman–Crippen MR) is 76.3 cm³/mol. The summed E-state index contributed by atoms with van der Waals surface area (Å²) in [5.41, 5.74) is -0.255. The Morgan fingerprint density at radius 2 is 1.80 bits per heavy atom. The molecule has 0 heterocycles. The Kier molecular flexibility index (Phi) is 2.93. The molecule has 1 amide bonds. The van der Waals surface area contributed by atoms with Gasteiger partial charge in [0.05, 0.1) is 7.11 Å². The number of hydrogen-bond donors (Lipinski definition) is 1. The van der Waals surface area contributed by atoms with Gasteiger partial charge in [0.15, 0.2) is 0 Å². The Hall–Kier alpha value is -2.36. The van der Waals surface area contributed by atoms with Gasteiger partial charge in [-0.25, -0.2) is 0 Å². The van der Waals surface area contributed by atoms with E-state index in [4.69, 9.17) is 4.74 Å². The number of methoxy groups -OCH3 is 1. The second-order valence-electron chi connectivity index (χ2n) is 5.05. The summed E-state index contributed by atoms with van der Waals surface area (Å²) >= 11 is 0. The van der Waals surface area contributed by atoms with Gasteiger partial charge in [-0.2, -0.15) is 0 Å². The second kappa shape index (κ2) is 4.63. The first-order valence-corrected chi connectivity index (χ1v) is 6.55. The molecule has 0 radical (unpaired) electrons. The van der Waals surface area contributed by atoms with Crippen LogP contribution in [0.1, 0.15) is 12.8 Å². The van der Waals surface area contributed by atoms with Crippen LogP contribution in [0.25, 0.3) is 10.8 Å². The van der Waals surface area contributed by atoms with E-state index >= 15 is 0 Å². The van der Waals surface area contributed by atoms with Crippen molar-refractivity contribution in [2.75, 3.05) is 12.4 Å². The van der Waals surface area contributed by atoms with Crippen LogP contribution in [0.5, 0.6) is 0 Å². The third-order valence-electron chi connectivity index (χ3n) is 3.80. The number of rotatable bonds is 3. The standard InChI is InChI=1S/C16H15NO3/c1-20-15(19)16(9-10-16)14(18)17-13-8-4-6-11-5-2-3-7-12(11)13/h2-8H,9-10H2,1H3,(H,17,18). The highest BCUT2D eigenvalue weighted by Crippen LogP contribution is 2.47. The lowest BCUT2D eigenvalue weighted by Gasteiger charge is -2.14. The number of esters is 1. The minimum atomic E-state index is -0.980. The maximum absolute atomic E-state index is 12.3. The molecule has 2 aromatic rings. The van der Waals surface area contributed by atoms with Gasteiger partial charge in [0.25, 0.3) is 0 Å². The molecule has 3 rings (SSSR count). The molecule has 0 aromatic heterocycles. The van der Waals surface area contributed by atoms with Crippen LogP contribution in [0.2, 0.25) is 0 Å². The fraction of sp³-hybridized carbons (Fsp3) is 0.250. The van der Waals surface area contributed by atoms with Crippen molar-refractivity contribution in [3.63, 3.8) is 0 Å². The first-order chi connectivity index (χ1) is 9.67. The number of benzene rings is 2. The van der Waals surface area contributed by atoms with Crippen molar-refractivity contribution in [1.82, 2.24) is 0 Å². The average molecular weight is 269 g/mol. The Labute approximate surface area is 116 Å². The summed E-state index contributed by atoms with van der Waals surface area (Å²) in [4.78, 5) is 24.0. The van der Waals surface area contributed by atoms with Crippen LogP contribution in [0.15, 0.2) is 42.5 Å². The lowest BCUT2D eigenvalue weighted by molar-refractivity contribution is -0.150. The van der Waals surface area contributed by atoms with E-state index in [-0.39, 0.29) is 5.91 Å². The van der Waals surface area contributed by atoms with Crippen LogP contribution >= 0.6 is 0 Å². The number of fused-ring (bicyclic) bond motifs is 1. The number of amides is 1. The lowest BCUT2D eigenvalue weighted by Crippen LogP contribution is -2.32. The first kappa shape index (κ1) is 12.7. The topological polar surface area (TPSA) is 55.4 Å². The highest BCUT2D eigenvalue weighted by molar-refractivity contribution is 6.13. The molecule has 0 unspecified atom stereocenters. The summed E-state index contributed by atoms with van der Waals surface area (Å²) < 4.78 is 4.72. The molecule has 2 aromatic carbocycles. The maximum atomic E-state index is 12.3. The lowest BCUT2D eigenvalue weighted by atomic mass is 10.1. The number of hydrogen-bond acceptors (Lipinski definition) is 3. The monoisotopic (exact) mass is 269 g/mol. The zero-order valence-electron chi connectivity index (χ0n) is 11.2. The van der Waals surface area contributed by atoms with Crippen molar-refractivity contribution in [2.45, 2.75) is 12.8 Å². The number of carbonyl (C=O) groups excluding carboxylic acids is 2. The highest BCUT2D eigenvalue weighted by Gasteiger charge is 2.57. The number of carbonyl (C=O) groups is 2. The molecule has 0 bridgehead atoms. The molecule has 0 atom stereocenters. The quantitative estimate of drug-likeness (QED) is 0.688. The van der Waals surface area contributed by atoms with E-state index in [1.807, 2.05) is 42.5 Å². The Bertz CT molecular complexity index is 684. The van der Waals surface area contributed by atoms with Gasteiger partial charge in [-0.3, -0.25) is 9.59 Å². The molecular weight excluding hydrogens is 254 g/mol. The maximum Gasteiger partial charge on any atom is 0.321 e. The van der Waals surface area contributed by atoms with E-state index in [2.05, 4.69) is 5.32 Å². The molecule has 1 saturated carbocycles. The smallest absolute Gasteiger partial charge is 0.321 e. The van der Waals surface area contributed by atoms with Gasteiger partial charge < -0.3 is 10.1 Å². The molecule has 1 fully saturated rings. The van der Waals surface area contributed by atoms with Crippen molar-refractivity contribution in [3.8, 4) is 0 Å². The highest BCUT2D eigenvalue weighted by atomic mass is 16.5. The van der Waals surface area contributed by atoms with Crippen molar-refractivity contribution < 1.29 is 14.3 Å². The molecule has 0 saturated heterocycles. The number of nitrogens with one attached hydrogen (secondary N) is 1. The SMILES string of the molecule is COC(=O)C1(C(=O)Nc2cccc3ccccc23)CC1. The third kappa shape index (κ3) is 1.93. The van der Waals surface area contributed by atoms with Crippen LogP contribution in [-0.4, -0.2) is 19.0 Å². The minimum absolute atomic E-state index is 0.277. The molecule has 4 heteroatoms. The zero-order valence-corrected chi connectivity index (χ0v) is 11.2. The Morgan fingerprint density at radius 1 is 1.10 bits per heavy atom. The summed E-state index contributed by atoms with van der Waals surface area (Å²) in [6, 6.07) is 13.5. The third-order valence-corrected chi connectivity index (χ3v) is 3.80. The van der Waals surface area contributed by atoms with E-state index < -0.39 is 11.4 Å². The van der Waals surface area contributed by atoms with Crippen LogP contribution in [0.4, 0.5) is 5.69 Å².